The highest BCUT2D eigenvalue weighted by molar-refractivity contribution is 5.93. The van der Waals surface area contributed by atoms with E-state index in [1.54, 1.807) is 23.4 Å². The van der Waals surface area contributed by atoms with Crippen molar-refractivity contribution in [2.45, 2.75) is 31.5 Å². The van der Waals surface area contributed by atoms with E-state index in [9.17, 15) is 18.0 Å². The van der Waals surface area contributed by atoms with Crippen LogP contribution in [-0.4, -0.2) is 32.1 Å². The molecule has 5 nitrogen and oxygen atoms in total. The van der Waals surface area contributed by atoms with Crippen LogP contribution in [0.2, 0.25) is 0 Å². The molecule has 1 amide bonds. The molecule has 3 rings (SSSR count). The molecule has 1 atom stereocenters. The second-order valence-electron chi connectivity index (χ2n) is 5.83. The minimum atomic E-state index is -4.57. The van der Waals surface area contributed by atoms with E-state index in [0.717, 1.165) is 35.6 Å². The summed E-state index contributed by atoms with van der Waals surface area (Å²) in [6.07, 6.45) is 1.33. The molecule has 0 radical (unpaired) electrons. The predicted molar refractivity (Wildman–Crippen MR) is 80.1 cm³/mol. The first-order chi connectivity index (χ1) is 11.4. The van der Waals surface area contributed by atoms with Crippen molar-refractivity contribution in [3.8, 4) is 0 Å². The Morgan fingerprint density at radius 1 is 1.33 bits per heavy atom. The first-order valence-electron chi connectivity index (χ1n) is 7.70. The van der Waals surface area contributed by atoms with Gasteiger partial charge in [0.05, 0.1) is 6.04 Å². The Bertz CT molecular complexity index is 727. The Labute approximate surface area is 137 Å². The molecule has 3 heterocycles. The summed E-state index contributed by atoms with van der Waals surface area (Å²) in [5.74, 6) is -0.436. The number of halogens is 3. The first kappa shape index (κ1) is 16.5. The van der Waals surface area contributed by atoms with E-state index in [-0.39, 0.29) is 11.7 Å². The van der Waals surface area contributed by atoms with Crippen molar-refractivity contribution >= 4 is 5.91 Å². The van der Waals surface area contributed by atoms with Gasteiger partial charge in [-0.05, 0) is 30.9 Å². The van der Waals surface area contributed by atoms with Crippen LogP contribution in [0.3, 0.4) is 0 Å². The number of aromatic nitrogens is 3. The Hall–Kier alpha value is -2.38. The summed E-state index contributed by atoms with van der Waals surface area (Å²) < 4.78 is 39.5. The summed E-state index contributed by atoms with van der Waals surface area (Å²) in [6, 6.07) is 4.31. The zero-order valence-electron chi connectivity index (χ0n) is 13.1. The van der Waals surface area contributed by atoms with E-state index in [2.05, 4.69) is 10.1 Å². The van der Waals surface area contributed by atoms with Gasteiger partial charge >= 0.3 is 6.18 Å². The third-order valence-corrected chi connectivity index (χ3v) is 4.22. The molecule has 0 spiro atoms. The molecular formula is C16H17F3N4O. The number of hydrogen-bond donors (Lipinski definition) is 0. The number of carbonyl (C=O) groups is 1. The molecule has 1 aliphatic rings. The lowest BCUT2D eigenvalue weighted by atomic mass is 9.96. The van der Waals surface area contributed by atoms with E-state index in [4.69, 9.17) is 0 Å². The molecule has 1 saturated heterocycles. The number of alkyl halides is 3. The van der Waals surface area contributed by atoms with Gasteiger partial charge in [-0.25, -0.2) is 0 Å². The lowest BCUT2D eigenvalue weighted by Crippen LogP contribution is -2.39. The SMILES string of the molecule is Cn1nc(C(F)(F)F)cc1C(=O)N1CCCC[C@H]1c1cccnc1. The van der Waals surface area contributed by atoms with Crippen LogP contribution in [0.5, 0.6) is 0 Å². The quantitative estimate of drug-likeness (QED) is 0.845. The minimum Gasteiger partial charge on any atom is -0.330 e. The molecule has 2 aromatic heterocycles. The average molecular weight is 338 g/mol. The summed E-state index contributed by atoms with van der Waals surface area (Å²) in [4.78, 5) is 18.5. The third-order valence-electron chi connectivity index (χ3n) is 4.22. The van der Waals surface area contributed by atoms with Crippen LogP contribution in [0.4, 0.5) is 13.2 Å². The number of rotatable bonds is 2. The zero-order valence-corrected chi connectivity index (χ0v) is 13.1. The maximum absolute atomic E-state index is 12.8. The molecule has 0 aliphatic carbocycles. The molecule has 8 heteroatoms. The molecule has 2 aromatic rings. The number of pyridine rings is 1. The average Bonchev–Trinajstić information content (AvgIpc) is 2.97. The van der Waals surface area contributed by atoms with Crippen molar-refractivity contribution in [1.82, 2.24) is 19.7 Å². The lowest BCUT2D eigenvalue weighted by molar-refractivity contribution is -0.141. The van der Waals surface area contributed by atoms with E-state index in [1.165, 1.54) is 7.05 Å². The number of nitrogens with zero attached hydrogens (tertiary/aromatic N) is 4. The molecular weight excluding hydrogens is 321 g/mol. The van der Waals surface area contributed by atoms with Crippen molar-refractivity contribution in [1.29, 1.82) is 0 Å². The first-order valence-corrected chi connectivity index (χ1v) is 7.70. The monoisotopic (exact) mass is 338 g/mol. The number of aryl methyl sites for hydroxylation is 1. The largest absolute Gasteiger partial charge is 0.435 e. The highest BCUT2D eigenvalue weighted by Crippen LogP contribution is 2.33. The fraction of sp³-hybridized carbons (Fsp3) is 0.438. The zero-order chi connectivity index (χ0) is 17.3. The van der Waals surface area contributed by atoms with Gasteiger partial charge in [0.1, 0.15) is 5.69 Å². The molecule has 0 aromatic carbocycles. The van der Waals surface area contributed by atoms with Crippen LogP contribution in [0.25, 0.3) is 0 Å². The Kier molecular flexibility index (Phi) is 4.29. The van der Waals surface area contributed by atoms with Crippen LogP contribution in [0.15, 0.2) is 30.6 Å². The normalized spacial score (nSPS) is 18.7. The second kappa shape index (κ2) is 6.26. The Morgan fingerprint density at radius 3 is 2.75 bits per heavy atom. The number of hydrogen-bond acceptors (Lipinski definition) is 3. The molecule has 0 bridgehead atoms. The molecule has 1 fully saturated rings. The third kappa shape index (κ3) is 3.13. The molecule has 128 valence electrons. The second-order valence-corrected chi connectivity index (χ2v) is 5.83. The fourth-order valence-corrected chi connectivity index (χ4v) is 3.05. The highest BCUT2D eigenvalue weighted by atomic mass is 19.4. The van der Waals surface area contributed by atoms with Crippen LogP contribution < -0.4 is 0 Å². The van der Waals surface area contributed by atoms with E-state index >= 15 is 0 Å². The minimum absolute atomic E-state index is 0.0573. The summed E-state index contributed by atoms with van der Waals surface area (Å²) in [5.41, 5.74) is -0.217. The van der Waals surface area contributed by atoms with Crippen molar-refractivity contribution in [3.05, 3.63) is 47.5 Å². The van der Waals surface area contributed by atoms with Gasteiger partial charge in [0.15, 0.2) is 5.69 Å². The van der Waals surface area contributed by atoms with Gasteiger partial charge in [0.2, 0.25) is 0 Å². The van der Waals surface area contributed by atoms with Gasteiger partial charge in [-0.15, -0.1) is 0 Å². The molecule has 24 heavy (non-hydrogen) atoms. The number of carbonyl (C=O) groups excluding carboxylic acids is 1. The van der Waals surface area contributed by atoms with Crippen molar-refractivity contribution in [2.24, 2.45) is 7.05 Å². The standard InChI is InChI=1S/C16H17F3N4O/c1-22-13(9-14(21-22)16(17,18)19)15(24)23-8-3-2-6-12(23)11-5-4-7-20-10-11/h4-5,7,9-10,12H,2-3,6,8H2,1H3/t12-/m0/s1. The molecule has 0 saturated carbocycles. The van der Waals surface area contributed by atoms with E-state index in [0.29, 0.717) is 6.54 Å². The maximum atomic E-state index is 12.8. The number of amides is 1. The molecule has 0 N–H and O–H groups in total. The maximum Gasteiger partial charge on any atom is 0.435 e. The van der Waals surface area contributed by atoms with Crippen LogP contribution in [0, 0.1) is 0 Å². The van der Waals surface area contributed by atoms with Crippen molar-refractivity contribution in [2.75, 3.05) is 6.54 Å². The lowest BCUT2D eigenvalue weighted by Gasteiger charge is -2.35. The summed E-state index contributed by atoms with van der Waals surface area (Å²) >= 11 is 0. The van der Waals surface area contributed by atoms with Gasteiger partial charge in [-0.2, -0.15) is 18.3 Å². The Balaban J connectivity index is 1.91. The summed E-state index contributed by atoms with van der Waals surface area (Å²) in [5, 5.41) is 3.43. The van der Waals surface area contributed by atoms with Crippen molar-refractivity contribution < 1.29 is 18.0 Å². The van der Waals surface area contributed by atoms with Crippen LogP contribution in [0.1, 0.15) is 47.1 Å². The van der Waals surface area contributed by atoms with Crippen LogP contribution in [-0.2, 0) is 13.2 Å². The predicted octanol–water partition coefficient (Wildman–Crippen LogP) is 3.20. The van der Waals surface area contributed by atoms with Gasteiger partial charge in [0.25, 0.3) is 5.91 Å². The fourth-order valence-electron chi connectivity index (χ4n) is 3.05. The number of piperidine rings is 1. The van der Waals surface area contributed by atoms with Gasteiger partial charge in [0, 0.05) is 32.1 Å². The summed E-state index contributed by atoms with van der Waals surface area (Å²) in [6.45, 7) is 0.505. The molecule has 1 aliphatic heterocycles. The number of likely N-dealkylation sites (tertiary alicyclic amines) is 1. The molecule has 0 unspecified atom stereocenters. The topological polar surface area (TPSA) is 51.0 Å². The smallest absolute Gasteiger partial charge is 0.330 e. The van der Waals surface area contributed by atoms with E-state index in [1.807, 2.05) is 6.07 Å². The Morgan fingerprint density at radius 2 is 2.12 bits per heavy atom. The van der Waals surface area contributed by atoms with Gasteiger partial charge in [-0.1, -0.05) is 6.07 Å². The summed E-state index contributed by atoms with van der Waals surface area (Å²) in [7, 11) is 1.35. The van der Waals surface area contributed by atoms with E-state index < -0.39 is 17.8 Å². The van der Waals surface area contributed by atoms with Crippen molar-refractivity contribution in [3.63, 3.8) is 0 Å². The van der Waals surface area contributed by atoms with Gasteiger partial charge < -0.3 is 4.90 Å². The van der Waals surface area contributed by atoms with Crippen LogP contribution >= 0.6 is 0 Å². The highest BCUT2D eigenvalue weighted by Gasteiger charge is 2.37. The van der Waals surface area contributed by atoms with Gasteiger partial charge in [-0.3, -0.25) is 14.5 Å².